The SMILES string of the molecule is CCOC(C)=O.CO[Si](OC)(OC)C(F)(F)C(F)(F)C(F)(F)C(F)(F)C(F)(F)C(F)(F)C(F)(F)CCC(F)(F)F. The number of halogens is 17. The fraction of sp³-hybridized carbons (Fsp3) is 0.941. The van der Waals surface area contributed by atoms with E-state index in [9.17, 15) is 79.4 Å². The van der Waals surface area contributed by atoms with E-state index in [4.69, 9.17) is 0 Å². The average molecular weight is 656 g/mol. The minimum atomic E-state index is -8.44. The molecular weight excluding hydrogens is 635 g/mol. The van der Waals surface area contributed by atoms with Crippen LogP contribution < -0.4 is 0 Å². The maximum absolute atomic E-state index is 14.1. The zero-order valence-corrected chi connectivity index (χ0v) is 21.6. The van der Waals surface area contributed by atoms with Crippen LogP contribution in [0.3, 0.4) is 0 Å². The number of carbonyl (C=O) groups is 1. The Labute approximate surface area is 215 Å². The van der Waals surface area contributed by atoms with E-state index in [0.29, 0.717) is 6.61 Å². The Morgan fingerprint density at radius 2 is 0.900 bits per heavy atom. The molecule has 40 heavy (non-hydrogen) atoms. The molecule has 0 saturated carbocycles. The summed E-state index contributed by atoms with van der Waals surface area (Å²) in [5.74, 6) is -47.8. The fourth-order valence-corrected chi connectivity index (χ4v) is 4.31. The molecule has 0 atom stereocenters. The van der Waals surface area contributed by atoms with Gasteiger partial charge >= 0.3 is 62.0 Å². The molecule has 0 aliphatic rings. The number of esters is 1. The van der Waals surface area contributed by atoms with Crippen LogP contribution in [0.1, 0.15) is 26.7 Å². The lowest BCUT2D eigenvalue weighted by atomic mass is 9.90. The van der Waals surface area contributed by atoms with Gasteiger partial charge in [0.1, 0.15) is 0 Å². The summed E-state index contributed by atoms with van der Waals surface area (Å²) >= 11 is 0. The summed E-state index contributed by atoms with van der Waals surface area (Å²) in [4.78, 5) is 9.82. The minimum Gasteiger partial charge on any atom is -0.466 e. The summed E-state index contributed by atoms with van der Waals surface area (Å²) in [5, 5.41) is 0. The van der Waals surface area contributed by atoms with Crippen molar-refractivity contribution in [3.05, 3.63) is 0 Å². The van der Waals surface area contributed by atoms with Crippen LogP contribution in [-0.4, -0.2) is 90.0 Å². The normalized spacial score (nSPS) is 14.9. The van der Waals surface area contributed by atoms with Crippen LogP contribution >= 0.6 is 0 Å². The van der Waals surface area contributed by atoms with Gasteiger partial charge in [-0.2, -0.15) is 74.6 Å². The smallest absolute Gasteiger partial charge is 0.466 e. The van der Waals surface area contributed by atoms with Crippen molar-refractivity contribution in [1.29, 1.82) is 0 Å². The number of hydrogen-bond donors (Lipinski definition) is 0. The second-order valence-corrected chi connectivity index (χ2v) is 10.3. The van der Waals surface area contributed by atoms with Gasteiger partial charge in [0.05, 0.1) is 6.61 Å². The molecule has 0 rings (SSSR count). The Hall–Kier alpha value is -1.62. The van der Waals surface area contributed by atoms with E-state index in [-0.39, 0.29) is 27.3 Å². The maximum Gasteiger partial charge on any atom is 0.581 e. The van der Waals surface area contributed by atoms with Gasteiger partial charge in [-0.1, -0.05) is 0 Å². The van der Waals surface area contributed by atoms with E-state index in [1.807, 2.05) is 0 Å². The third-order valence-electron chi connectivity index (χ3n) is 4.69. The van der Waals surface area contributed by atoms with E-state index in [2.05, 4.69) is 18.0 Å². The van der Waals surface area contributed by atoms with Gasteiger partial charge in [0.25, 0.3) is 0 Å². The summed E-state index contributed by atoms with van der Waals surface area (Å²) < 4.78 is 244. The van der Waals surface area contributed by atoms with E-state index in [0.717, 1.165) is 0 Å². The Kier molecular flexibility index (Phi) is 12.9. The predicted molar refractivity (Wildman–Crippen MR) is 99.0 cm³/mol. The molecule has 0 fully saturated rings. The topological polar surface area (TPSA) is 54.0 Å². The van der Waals surface area contributed by atoms with Crippen molar-refractivity contribution in [3.8, 4) is 0 Å². The molecule has 0 saturated heterocycles. The average Bonchev–Trinajstić information content (AvgIpc) is 2.78. The van der Waals surface area contributed by atoms with Gasteiger partial charge in [-0.25, -0.2) is 0 Å². The Morgan fingerprint density at radius 3 is 1.15 bits per heavy atom. The molecule has 0 aliphatic heterocycles. The molecule has 0 aromatic carbocycles. The molecular formula is C17H21F17O5Si. The maximum atomic E-state index is 14.1. The van der Waals surface area contributed by atoms with E-state index in [1.54, 1.807) is 6.92 Å². The highest BCUT2D eigenvalue weighted by Gasteiger charge is 2.95. The van der Waals surface area contributed by atoms with Crippen LogP contribution in [0.2, 0.25) is 0 Å². The lowest BCUT2D eigenvalue weighted by molar-refractivity contribution is -0.438. The molecule has 242 valence electrons. The molecule has 0 spiro atoms. The molecule has 0 aromatic rings. The second kappa shape index (κ2) is 12.7. The zero-order chi connectivity index (χ0) is 33.0. The first kappa shape index (κ1) is 40.5. The van der Waals surface area contributed by atoms with Crippen molar-refractivity contribution in [2.45, 2.75) is 73.9 Å². The molecule has 23 heteroatoms. The quantitative estimate of drug-likeness (QED) is 0.125. The van der Waals surface area contributed by atoms with Gasteiger partial charge < -0.3 is 18.0 Å². The molecule has 0 bridgehead atoms. The third kappa shape index (κ3) is 7.05. The first-order valence-electron chi connectivity index (χ1n) is 9.91. The molecule has 0 amide bonds. The summed E-state index contributed by atoms with van der Waals surface area (Å²) in [6.45, 7) is 3.65. The van der Waals surface area contributed by atoms with Gasteiger partial charge in [-0.3, -0.25) is 4.79 Å². The second-order valence-electron chi connectivity index (χ2n) is 7.36. The molecule has 0 unspecified atom stereocenters. The van der Waals surface area contributed by atoms with Crippen molar-refractivity contribution in [1.82, 2.24) is 0 Å². The van der Waals surface area contributed by atoms with Crippen molar-refractivity contribution in [2.75, 3.05) is 27.9 Å². The standard InChI is InChI=1S/C13H13F17O3Si.C4H8O2/c1-31-34(32-2,33-3)13(29,30)12(27,28)11(25,26)10(23,24)9(21,22)8(19,20)6(14,15)4-5-7(16,17)18;1-3-6-4(2)5/h4-5H2,1-3H3;3H2,1-2H3. The highest BCUT2D eigenvalue weighted by Crippen LogP contribution is 2.63. The van der Waals surface area contributed by atoms with Crippen molar-refractivity contribution in [2.24, 2.45) is 0 Å². The van der Waals surface area contributed by atoms with E-state index < -0.39 is 68.9 Å². The van der Waals surface area contributed by atoms with Crippen molar-refractivity contribution < 1.29 is 97.4 Å². The number of hydrogen-bond acceptors (Lipinski definition) is 5. The molecule has 5 nitrogen and oxygen atoms in total. The highest BCUT2D eigenvalue weighted by molar-refractivity contribution is 6.63. The van der Waals surface area contributed by atoms with E-state index >= 15 is 0 Å². The fourth-order valence-electron chi connectivity index (χ4n) is 2.50. The zero-order valence-electron chi connectivity index (χ0n) is 20.6. The van der Waals surface area contributed by atoms with Crippen LogP contribution in [0, 0.1) is 0 Å². The molecule has 0 N–H and O–H groups in total. The predicted octanol–water partition coefficient (Wildman–Crippen LogP) is 6.76. The van der Waals surface area contributed by atoms with E-state index in [1.165, 1.54) is 6.92 Å². The molecule has 0 aromatic heterocycles. The van der Waals surface area contributed by atoms with Crippen LogP contribution in [0.5, 0.6) is 0 Å². The summed E-state index contributed by atoms with van der Waals surface area (Å²) in [7, 11) is -6.45. The number of carbonyl (C=O) groups excluding carboxylic acids is 1. The lowest BCUT2D eigenvalue weighted by Gasteiger charge is -2.44. The lowest BCUT2D eigenvalue weighted by Crippen LogP contribution is -2.77. The first-order chi connectivity index (χ1) is 17.4. The van der Waals surface area contributed by atoms with Crippen LogP contribution in [0.25, 0.3) is 0 Å². The summed E-state index contributed by atoms with van der Waals surface area (Å²) in [6, 6.07) is 0. The first-order valence-corrected chi connectivity index (χ1v) is 11.6. The van der Waals surface area contributed by atoms with Gasteiger partial charge in [0.2, 0.25) is 0 Å². The monoisotopic (exact) mass is 656 g/mol. The van der Waals surface area contributed by atoms with Crippen molar-refractivity contribution >= 4 is 14.8 Å². The molecule has 0 aliphatic carbocycles. The Bertz CT molecular complexity index is 819. The van der Waals surface area contributed by atoms with Crippen LogP contribution in [0.15, 0.2) is 0 Å². The third-order valence-corrected chi connectivity index (χ3v) is 7.39. The number of rotatable bonds is 13. The van der Waals surface area contributed by atoms with Crippen LogP contribution in [0.4, 0.5) is 74.6 Å². The largest absolute Gasteiger partial charge is 0.581 e. The summed E-state index contributed by atoms with van der Waals surface area (Å²) in [6.07, 6.45) is -12.2. The van der Waals surface area contributed by atoms with Gasteiger partial charge in [0, 0.05) is 41.1 Å². The minimum absolute atomic E-state index is 0.0312. The Morgan fingerprint density at radius 1 is 0.575 bits per heavy atom. The highest BCUT2D eigenvalue weighted by atomic mass is 28.4. The Balaban J connectivity index is 0. The van der Waals surface area contributed by atoms with Crippen LogP contribution in [-0.2, 0) is 22.8 Å². The van der Waals surface area contributed by atoms with Gasteiger partial charge in [-0.05, 0) is 6.92 Å². The van der Waals surface area contributed by atoms with Crippen molar-refractivity contribution in [3.63, 3.8) is 0 Å². The molecule has 0 heterocycles. The van der Waals surface area contributed by atoms with Gasteiger partial charge in [0.15, 0.2) is 0 Å². The summed E-state index contributed by atoms with van der Waals surface area (Å²) in [5.41, 5.74) is -6.80. The number of alkyl halides is 17. The van der Waals surface area contributed by atoms with Gasteiger partial charge in [-0.15, -0.1) is 0 Å². The number of ether oxygens (including phenoxy) is 1. The molecule has 0 radical (unpaired) electrons.